The standard InChI is InChI=1S/C14H22BrNO2/c1-4-18-14(2,3)11-16-9-10-17-13-7-5-12(15)6-8-13/h5-8,16H,4,9-11H2,1-3H3. The summed E-state index contributed by atoms with van der Waals surface area (Å²) in [7, 11) is 0. The molecule has 1 aromatic rings. The Morgan fingerprint density at radius 1 is 1.22 bits per heavy atom. The smallest absolute Gasteiger partial charge is 0.119 e. The van der Waals surface area contributed by atoms with Crippen LogP contribution in [0.2, 0.25) is 0 Å². The van der Waals surface area contributed by atoms with Crippen molar-refractivity contribution in [2.24, 2.45) is 0 Å². The minimum atomic E-state index is -0.119. The lowest BCUT2D eigenvalue weighted by molar-refractivity contribution is -0.00902. The van der Waals surface area contributed by atoms with Crippen LogP contribution in [0.5, 0.6) is 5.75 Å². The Morgan fingerprint density at radius 2 is 1.89 bits per heavy atom. The third-order valence-corrected chi connectivity index (χ3v) is 2.98. The van der Waals surface area contributed by atoms with E-state index in [2.05, 4.69) is 35.1 Å². The molecule has 0 fully saturated rings. The Hall–Kier alpha value is -0.580. The molecule has 0 heterocycles. The zero-order valence-electron chi connectivity index (χ0n) is 11.3. The van der Waals surface area contributed by atoms with Gasteiger partial charge in [0.25, 0.3) is 0 Å². The van der Waals surface area contributed by atoms with Crippen molar-refractivity contribution in [2.75, 3.05) is 26.3 Å². The zero-order chi connectivity index (χ0) is 13.4. The molecule has 18 heavy (non-hydrogen) atoms. The molecule has 0 bridgehead atoms. The minimum absolute atomic E-state index is 0.119. The molecule has 0 amide bonds. The van der Waals surface area contributed by atoms with Gasteiger partial charge in [-0.15, -0.1) is 0 Å². The summed E-state index contributed by atoms with van der Waals surface area (Å²) in [6.45, 7) is 9.21. The van der Waals surface area contributed by atoms with Gasteiger partial charge in [-0.25, -0.2) is 0 Å². The normalized spacial score (nSPS) is 11.6. The Morgan fingerprint density at radius 3 is 2.50 bits per heavy atom. The first-order valence-electron chi connectivity index (χ1n) is 6.26. The highest BCUT2D eigenvalue weighted by molar-refractivity contribution is 9.10. The van der Waals surface area contributed by atoms with Crippen LogP contribution in [-0.4, -0.2) is 31.9 Å². The first-order valence-corrected chi connectivity index (χ1v) is 7.06. The van der Waals surface area contributed by atoms with Crippen LogP contribution >= 0.6 is 15.9 Å². The summed E-state index contributed by atoms with van der Waals surface area (Å²) in [4.78, 5) is 0. The van der Waals surface area contributed by atoms with E-state index in [1.807, 2.05) is 31.2 Å². The number of hydrogen-bond donors (Lipinski definition) is 1. The second-order valence-corrected chi connectivity index (χ2v) is 5.59. The van der Waals surface area contributed by atoms with Gasteiger partial charge in [0, 0.05) is 24.2 Å². The highest BCUT2D eigenvalue weighted by atomic mass is 79.9. The molecule has 0 saturated carbocycles. The summed E-state index contributed by atoms with van der Waals surface area (Å²) in [5.41, 5.74) is -0.119. The van der Waals surface area contributed by atoms with Gasteiger partial charge in [0.1, 0.15) is 12.4 Å². The van der Waals surface area contributed by atoms with E-state index in [0.29, 0.717) is 6.61 Å². The lowest BCUT2D eigenvalue weighted by Crippen LogP contribution is -2.39. The summed E-state index contributed by atoms with van der Waals surface area (Å²) in [5.74, 6) is 0.893. The van der Waals surface area contributed by atoms with Crippen molar-refractivity contribution in [3.8, 4) is 5.75 Å². The third-order valence-electron chi connectivity index (χ3n) is 2.45. The van der Waals surface area contributed by atoms with E-state index >= 15 is 0 Å². The Bertz CT molecular complexity index is 338. The molecule has 0 aliphatic rings. The summed E-state index contributed by atoms with van der Waals surface area (Å²) in [5, 5.41) is 3.33. The Labute approximate surface area is 118 Å². The van der Waals surface area contributed by atoms with Crippen LogP contribution in [0.3, 0.4) is 0 Å². The highest BCUT2D eigenvalue weighted by Gasteiger charge is 2.16. The maximum absolute atomic E-state index is 5.61. The number of ether oxygens (including phenoxy) is 2. The van der Waals surface area contributed by atoms with E-state index < -0.39 is 0 Å². The molecule has 1 rings (SSSR count). The second kappa shape index (κ2) is 7.77. The molecule has 0 atom stereocenters. The molecule has 0 aromatic heterocycles. The van der Waals surface area contributed by atoms with E-state index in [-0.39, 0.29) is 5.60 Å². The topological polar surface area (TPSA) is 30.5 Å². The number of hydrogen-bond acceptors (Lipinski definition) is 3. The van der Waals surface area contributed by atoms with Gasteiger partial charge in [0.05, 0.1) is 5.60 Å². The number of halogens is 1. The molecule has 0 spiro atoms. The first-order chi connectivity index (χ1) is 8.53. The molecule has 0 saturated heterocycles. The van der Waals surface area contributed by atoms with Gasteiger partial charge in [-0.05, 0) is 45.0 Å². The molecule has 0 unspecified atom stereocenters. The van der Waals surface area contributed by atoms with Crippen LogP contribution in [0.15, 0.2) is 28.7 Å². The summed E-state index contributed by atoms with van der Waals surface area (Å²) < 4.78 is 12.3. The Balaban J connectivity index is 2.14. The van der Waals surface area contributed by atoms with Gasteiger partial charge >= 0.3 is 0 Å². The average molecular weight is 316 g/mol. The fourth-order valence-electron chi connectivity index (χ4n) is 1.60. The predicted octanol–water partition coefficient (Wildman–Crippen LogP) is 3.23. The van der Waals surface area contributed by atoms with Gasteiger partial charge in [-0.3, -0.25) is 0 Å². The molecule has 102 valence electrons. The van der Waals surface area contributed by atoms with Crippen molar-refractivity contribution < 1.29 is 9.47 Å². The molecule has 1 aromatic carbocycles. The summed E-state index contributed by atoms with van der Waals surface area (Å²) in [6, 6.07) is 7.85. The van der Waals surface area contributed by atoms with Crippen LogP contribution in [0.25, 0.3) is 0 Å². The molecule has 0 radical (unpaired) electrons. The largest absolute Gasteiger partial charge is 0.492 e. The molecule has 0 aliphatic heterocycles. The van der Waals surface area contributed by atoms with Crippen LogP contribution < -0.4 is 10.1 Å². The van der Waals surface area contributed by atoms with Crippen LogP contribution in [-0.2, 0) is 4.74 Å². The summed E-state index contributed by atoms with van der Waals surface area (Å²) >= 11 is 3.39. The predicted molar refractivity (Wildman–Crippen MR) is 78.2 cm³/mol. The number of benzene rings is 1. The van der Waals surface area contributed by atoms with Crippen molar-refractivity contribution in [3.05, 3.63) is 28.7 Å². The maximum atomic E-state index is 5.61. The highest BCUT2D eigenvalue weighted by Crippen LogP contribution is 2.15. The fraction of sp³-hybridized carbons (Fsp3) is 0.571. The summed E-state index contributed by atoms with van der Waals surface area (Å²) in [6.07, 6.45) is 0. The van der Waals surface area contributed by atoms with Crippen molar-refractivity contribution >= 4 is 15.9 Å². The first kappa shape index (κ1) is 15.5. The molecule has 4 heteroatoms. The van der Waals surface area contributed by atoms with Crippen LogP contribution in [0, 0.1) is 0 Å². The average Bonchev–Trinajstić information content (AvgIpc) is 2.31. The van der Waals surface area contributed by atoms with Gasteiger partial charge < -0.3 is 14.8 Å². The second-order valence-electron chi connectivity index (χ2n) is 4.67. The maximum Gasteiger partial charge on any atom is 0.119 e. The van der Waals surface area contributed by atoms with Crippen LogP contribution in [0.4, 0.5) is 0 Å². The van der Waals surface area contributed by atoms with Crippen molar-refractivity contribution in [3.63, 3.8) is 0 Å². The molecule has 1 N–H and O–H groups in total. The molecule has 0 aliphatic carbocycles. The van der Waals surface area contributed by atoms with E-state index in [1.54, 1.807) is 0 Å². The van der Waals surface area contributed by atoms with Gasteiger partial charge in [-0.2, -0.15) is 0 Å². The lowest BCUT2D eigenvalue weighted by atomic mass is 10.1. The third kappa shape index (κ3) is 6.38. The van der Waals surface area contributed by atoms with Gasteiger partial charge in [-0.1, -0.05) is 15.9 Å². The van der Waals surface area contributed by atoms with E-state index in [9.17, 15) is 0 Å². The van der Waals surface area contributed by atoms with Gasteiger partial charge in [0.15, 0.2) is 0 Å². The van der Waals surface area contributed by atoms with Crippen molar-refractivity contribution in [1.29, 1.82) is 0 Å². The SMILES string of the molecule is CCOC(C)(C)CNCCOc1ccc(Br)cc1. The van der Waals surface area contributed by atoms with Crippen LogP contribution in [0.1, 0.15) is 20.8 Å². The minimum Gasteiger partial charge on any atom is -0.492 e. The Kier molecular flexibility index (Phi) is 6.68. The van der Waals surface area contributed by atoms with Crippen molar-refractivity contribution in [1.82, 2.24) is 5.32 Å². The molecule has 3 nitrogen and oxygen atoms in total. The number of nitrogens with one attached hydrogen (secondary N) is 1. The van der Waals surface area contributed by atoms with Crippen molar-refractivity contribution in [2.45, 2.75) is 26.4 Å². The molecular formula is C14H22BrNO2. The molecular weight excluding hydrogens is 294 g/mol. The van der Waals surface area contributed by atoms with Gasteiger partial charge in [0.2, 0.25) is 0 Å². The van der Waals surface area contributed by atoms with E-state index in [4.69, 9.17) is 9.47 Å². The fourth-order valence-corrected chi connectivity index (χ4v) is 1.87. The monoisotopic (exact) mass is 315 g/mol. The van der Waals surface area contributed by atoms with E-state index in [0.717, 1.165) is 29.9 Å². The number of rotatable bonds is 8. The lowest BCUT2D eigenvalue weighted by Gasteiger charge is -2.25. The zero-order valence-corrected chi connectivity index (χ0v) is 12.9. The van der Waals surface area contributed by atoms with E-state index in [1.165, 1.54) is 0 Å². The quantitative estimate of drug-likeness (QED) is 0.747.